The summed E-state index contributed by atoms with van der Waals surface area (Å²) in [5, 5.41) is 11.2. The number of aromatic carboxylic acids is 1. The number of carbonyl (C=O) groups excluding carboxylic acids is 2. The molecule has 0 unspecified atom stereocenters. The normalized spacial score (nSPS) is 10.8. The molecule has 110 valence electrons. The molecule has 1 heterocycles. The SMILES string of the molecule is Cc1cc2ncn(C(=O)c3ccccc3C(=O)[O-])c2cc1C. The van der Waals surface area contributed by atoms with E-state index in [4.69, 9.17) is 0 Å². The van der Waals surface area contributed by atoms with E-state index in [1.54, 1.807) is 12.1 Å². The Hall–Kier alpha value is -2.95. The molecule has 3 aromatic rings. The lowest BCUT2D eigenvalue weighted by molar-refractivity contribution is -0.255. The number of carboxylic acid groups (broad SMARTS) is 1. The van der Waals surface area contributed by atoms with Crippen molar-refractivity contribution in [3.8, 4) is 0 Å². The van der Waals surface area contributed by atoms with Gasteiger partial charge >= 0.3 is 0 Å². The van der Waals surface area contributed by atoms with Gasteiger partial charge in [-0.05, 0) is 43.2 Å². The average molecular weight is 293 g/mol. The fourth-order valence-electron chi connectivity index (χ4n) is 2.40. The van der Waals surface area contributed by atoms with Crippen LogP contribution in [-0.4, -0.2) is 21.4 Å². The summed E-state index contributed by atoms with van der Waals surface area (Å²) in [4.78, 5) is 28.1. The van der Waals surface area contributed by atoms with Crippen LogP contribution in [0.4, 0.5) is 0 Å². The van der Waals surface area contributed by atoms with Gasteiger partial charge < -0.3 is 9.90 Å². The van der Waals surface area contributed by atoms with Crippen molar-refractivity contribution in [1.29, 1.82) is 0 Å². The predicted molar refractivity (Wildman–Crippen MR) is 79.7 cm³/mol. The summed E-state index contributed by atoms with van der Waals surface area (Å²) < 4.78 is 1.36. The van der Waals surface area contributed by atoms with Crippen molar-refractivity contribution < 1.29 is 14.7 Å². The number of imidazole rings is 1. The van der Waals surface area contributed by atoms with Gasteiger partial charge in [-0.1, -0.05) is 18.2 Å². The van der Waals surface area contributed by atoms with E-state index in [2.05, 4.69) is 4.98 Å². The lowest BCUT2D eigenvalue weighted by atomic mass is 10.1. The van der Waals surface area contributed by atoms with Crippen LogP contribution in [0.5, 0.6) is 0 Å². The Morgan fingerprint density at radius 2 is 1.68 bits per heavy atom. The third kappa shape index (κ3) is 2.16. The van der Waals surface area contributed by atoms with Crippen molar-refractivity contribution in [1.82, 2.24) is 9.55 Å². The molecule has 0 amide bonds. The minimum absolute atomic E-state index is 0.0834. The molecule has 0 radical (unpaired) electrons. The molecule has 0 N–H and O–H groups in total. The second-order valence-electron chi connectivity index (χ2n) is 5.18. The number of nitrogens with zero attached hydrogens (tertiary/aromatic N) is 2. The summed E-state index contributed by atoms with van der Waals surface area (Å²) in [6.07, 6.45) is 1.41. The Morgan fingerprint density at radius 3 is 2.36 bits per heavy atom. The van der Waals surface area contributed by atoms with Gasteiger partial charge in [-0.2, -0.15) is 0 Å². The highest BCUT2D eigenvalue weighted by Crippen LogP contribution is 2.20. The Morgan fingerprint density at radius 1 is 1.05 bits per heavy atom. The van der Waals surface area contributed by atoms with E-state index < -0.39 is 11.9 Å². The highest BCUT2D eigenvalue weighted by atomic mass is 16.4. The van der Waals surface area contributed by atoms with Crippen LogP contribution >= 0.6 is 0 Å². The van der Waals surface area contributed by atoms with Crippen molar-refractivity contribution in [2.75, 3.05) is 0 Å². The zero-order valence-electron chi connectivity index (χ0n) is 12.2. The quantitative estimate of drug-likeness (QED) is 0.720. The van der Waals surface area contributed by atoms with Crippen molar-refractivity contribution in [2.24, 2.45) is 0 Å². The van der Waals surface area contributed by atoms with E-state index in [1.807, 2.05) is 26.0 Å². The van der Waals surface area contributed by atoms with Gasteiger partial charge in [0.2, 0.25) is 0 Å². The summed E-state index contributed by atoms with van der Waals surface area (Å²) in [5.41, 5.74) is 3.43. The molecule has 2 aromatic carbocycles. The van der Waals surface area contributed by atoms with Crippen molar-refractivity contribution in [3.05, 3.63) is 65.0 Å². The summed E-state index contributed by atoms with van der Waals surface area (Å²) in [7, 11) is 0. The summed E-state index contributed by atoms with van der Waals surface area (Å²) in [6.45, 7) is 3.92. The molecule has 0 saturated heterocycles. The van der Waals surface area contributed by atoms with Gasteiger partial charge in [0, 0.05) is 11.1 Å². The topological polar surface area (TPSA) is 75.0 Å². The van der Waals surface area contributed by atoms with Crippen molar-refractivity contribution in [3.63, 3.8) is 0 Å². The number of hydrogen-bond acceptors (Lipinski definition) is 4. The van der Waals surface area contributed by atoms with Crippen LogP contribution in [0.3, 0.4) is 0 Å². The molecule has 1 aromatic heterocycles. The second-order valence-corrected chi connectivity index (χ2v) is 5.18. The number of carbonyl (C=O) groups is 2. The van der Waals surface area contributed by atoms with Crippen molar-refractivity contribution >= 4 is 22.9 Å². The Balaban J connectivity index is 2.18. The fourth-order valence-corrected chi connectivity index (χ4v) is 2.40. The number of carboxylic acids is 1. The molecule has 0 spiro atoms. The monoisotopic (exact) mass is 293 g/mol. The highest BCUT2D eigenvalue weighted by Gasteiger charge is 2.16. The maximum absolute atomic E-state index is 12.7. The summed E-state index contributed by atoms with van der Waals surface area (Å²) in [6, 6.07) is 9.78. The van der Waals surface area contributed by atoms with Crippen LogP contribution in [-0.2, 0) is 0 Å². The molecule has 5 nitrogen and oxygen atoms in total. The number of aryl methyl sites for hydroxylation is 2. The van der Waals surface area contributed by atoms with E-state index in [9.17, 15) is 14.7 Å². The van der Waals surface area contributed by atoms with E-state index in [0.29, 0.717) is 11.0 Å². The molecule has 0 aliphatic carbocycles. The molecule has 0 atom stereocenters. The van der Waals surface area contributed by atoms with Gasteiger partial charge in [0.15, 0.2) is 0 Å². The number of rotatable bonds is 2. The number of benzene rings is 2. The minimum atomic E-state index is -1.37. The maximum atomic E-state index is 12.7. The molecule has 0 aliphatic heterocycles. The molecular formula is C17H13N2O3-. The van der Waals surface area contributed by atoms with Gasteiger partial charge in [-0.3, -0.25) is 9.36 Å². The number of hydrogen-bond donors (Lipinski definition) is 0. The molecule has 22 heavy (non-hydrogen) atoms. The molecule has 0 saturated carbocycles. The van der Waals surface area contributed by atoms with Crippen molar-refractivity contribution in [2.45, 2.75) is 13.8 Å². The van der Waals surface area contributed by atoms with Crippen LogP contribution in [0.2, 0.25) is 0 Å². The summed E-state index contributed by atoms with van der Waals surface area (Å²) >= 11 is 0. The standard InChI is InChI=1S/C17H14N2O3/c1-10-7-14-15(8-11(10)2)19(9-18-14)16(20)12-5-3-4-6-13(12)17(21)22/h3-9H,1-2H3,(H,21,22)/p-1. The summed E-state index contributed by atoms with van der Waals surface area (Å²) in [5.74, 6) is -1.81. The third-order valence-electron chi connectivity index (χ3n) is 3.76. The van der Waals surface area contributed by atoms with Gasteiger partial charge in [-0.25, -0.2) is 4.98 Å². The van der Waals surface area contributed by atoms with E-state index in [1.165, 1.54) is 23.0 Å². The number of fused-ring (bicyclic) bond motifs is 1. The lowest BCUT2D eigenvalue weighted by Gasteiger charge is -2.10. The zero-order valence-corrected chi connectivity index (χ0v) is 12.2. The second kappa shape index (κ2) is 5.11. The van der Waals surface area contributed by atoms with Gasteiger partial charge in [0.25, 0.3) is 5.91 Å². The Bertz CT molecular complexity index is 909. The fraction of sp³-hybridized carbons (Fsp3) is 0.118. The first-order chi connectivity index (χ1) is 10.5. The van der Waals surface area contributed by atoms with Crippen LogP contribution in [0.15, 0.2) is 42.7 Å². The molecule has 0 bridgehead atoms. The number of aromatic nitrogens is 2. The van der Waals surface area contributed by atoms with Crippen LogP contribution in [0.1, 0.15) is 31.8 Å². The van der Waals surface area contributed by atoms with E-state index in [-0.39, 0.29) is 11.1 Å². The van der Waals surface area contributed by atoms with Crippen LogP contribution < -0.4 is 5.11 Å². The molecule has 0 fully saturated rings. The van der Waals surface area contributed by atoms with E-state index in [0.717, 1.165) is 11.1 Å². The third-order valence-corrected chi connectivity index (χ3v) is 3.76. The largest absolute Gasteiger partial charge is 0.545 e. The first kappa shape index (κ1) is 14.0. The first-order valence-corrected chi connectivity index (χ1v) is 6.78. The molecular weight excluding hydrogens is 280 g/mol. The molecule has 0 aliphatic rings. The highest BCUT2D eigenvalue weighted by molar-refractivity contribution is 6.07. The smallest absolute Gasteiger partial charge is 0.264 e. The van der Waals surface area contributed by atoms with E-state index >= 15 is 0 Å². The minimum Gasteiger partial charge on any atom is -0.545 e. The Kier molecular flexibility index (Phi) is 3.25. The predicted octanol–water partition coefficient (Wildman–Crippen LogP) is 1.71. The zero-order chi connectivity index (χ0) is 15.9. The first-order valence-electron chi connectivity index (χ1n) is 6.78. The Labute approximate surface area is 126 Å². The van der Waals surface area contributed by atoms with Gasteiger partial charge in [-0.15, -0.1) is 0 Å². The lowest BCUT2D eigenvalue weighted by Crippen LogP contribution is -2.26. The molecule has 5 heteroatoms. The van der Waals surface area contributed by atoms with Crippen LogP contribution in [0, 0.1) is 13.8 Å². The average Bonchev–Trinajstić information content (AvgIpc) is 2.89. The van der Waals surface area contributed by atoms with Gasteiger partial charge in [0.05, 0.1) is 17.0 Å². The maximum Gasteiger partial charge on any atom is 0.264 e. The van der Waals surface area contributed by atoms with Crippen LogP contribution in [0.25, 0.3) is 11.0 Å². The molecule has 3 rings (SSSR count). The van der Waals surface area contributed by atoms with Gasteiger partial charge in [0.1, 0.15) is 6.33 Å².